The van der Waals surface area contributed by atoms with Gasteiger partial charge in [-0.05, 0) is 31.9 Å². The summed E-state index contributed by atoms with van der Waals surface area (Å²) >= 11 is 0. The number of rotatable bonds is 8. The van der Waals surface area contributed by atoms with Crippen LogP contribution in [0.2, 0.25) is 0 Å². The van der Waals surface area contributed by atoms with Crippen molar-refractivity contribution in [3.05, 3.63) is 29.8 Å². The third kappa shape index (κ3) is 3.45. The van der Waals surface area contributed by atoms with Gasteiger partial charge in [-0.25, -0.2) is 0 Å². The highest BCUT2D eigenvalue weighted by Gasteiger charge is 2.41. The molecule has 4 heteroatoms. The maximum Gasteiger partial charge on any atom is 0.124 e. The number of hydrogen-bond donors (Lipinski definition) is 3. The Balaban J connectivity index is 1.79. The molecule has 1 aromatic rings. The first-order valence-electron chi connectivity index (χ1n) is 6.59. The minimum Gasteiger partial charge on any atom is -0.492 e. The van der Waals surface area contributed by atoms with Crippen LogP contribution in [0.15, 0.2) is 24.3 Å². The van der Waals surface area contributed by atoms with Gasteiger partial charge in [-0.1, -0.05) is 18.2 Å². The van der Waals surface area contributed by atoms with Gasteiger partial charge in [0.25, 0.3) is 0 Å². The van der Waals surface area contributed by atoms with Crippen LogP contribution in [0.5, 0.6) is 5.75 Å². The van der Waals surface area contributed by atoms with E-state index in [1.807, 2.05) is 18.2 Å². The predicted molar refractivity (Wildman–Crippen MR) is 71.6 cm³/mol. The zero-order valence-electron chi connectivity index (χ0n) is 10.7. The van der Waals surface area contributed by atoms with Crippen molar-refractivity contribution in [1.82, 2.24) is 5.32 Å². The molecule has 1 aliphatic rings. The van der Waals surface area contributed by atoms with Crippen molar-refractivity contribution < 1.29 is 9.84 Å². The Morgan fingerprint density at radius 1 is 1.28 bits per heavy atom. The van der Waals surface area contributed by atoms with E-state index in [2.05, 4.69) is 11.4 Å². The number of nitrogens with one attached hydrogen (secondary N) is 1. The summed E-state index contributed by atoms with van der Waals surface area (Å²) in [5.74, 6) is 0.904. The van der Waals surface area contributed by atoms with Crippen LogP contribution >= 0.6 is 0 Å². The molecule has 0 amide bonds. The van der Waals surface area contributed by atoms with Gasteiger partial charge < -0.3 is 20.9 Å². The Morgan fingerprint density at radius 3 is 2.78 bits per heavy atom. The fourth-order valence-electron chi connectivity index (χ4n) is 1.97. The number of hydrogen-bond acceptors (Lipinski definition) is 4. The number of aliphatic hydroxyl groups excluding tert-OH is 1. The van der Waals surface area contributed by atoms with E-state index in [1.54, 1.807) is 0 Å². The van der Waals surface area contributed by atoms with Gasteiger partial charge >= 0.3 is 0 Å². The summed E-state index contributed by atoms with van der Waals surface area (Å²) in [4.78, 5) is 0. The lowest BCUT2D eigenvalue weighted by Crippen LogP contribution is -2.24. The van der Waals surface area contributed by atoms with E-state index in [0.29, 0.717) is 6.61 Å². The highest BCUT2D eigenvalue weighted by molar-refractivity contribution is 5.42. The summed E-state index contributed by atoms with van der Waals surface area (Å²) < 4.78 is 5.78. The maximum atomic E-state index is 8.65. The van der Waals surface area contributed by atoms with Gasteiger partial charge in [-0.15, -0.1) is 0 Å². The van der Waals surface area contributed by atoms with Crippen LogP contribution in [0.4, 0.5) is 0 Å². The fraction of sp³-hybridized carbons (Fsp3) is 0.571. The monoisotopic (exact) mass is 250 g/mol. The molecule has 0 aliphatic heterocycles. The van der Waals surface area contributed by atoms with E-state index in [1.165, 1.54) is 0 Å². The molecule has 0 saturated heterocycles. The molecule has 0 aromatic heterocycles. The molecule has 4 nitrogen and oxygen atoms in total. The van der Waals surface area contributed by atoms with Gasteiger partial charge in [0.05, 0.1) is 0 Å². The molecule has 0 bridgehead atoms. The minimum absolute atomic E-state index is 0.152. The van der Waals surface area contributed by atoms with Crippen LogP contribution in [0.25, 0.3) is 0 Å². The Bertz CT molecular complexity index is 378. The first kappa shape index (κ1) is 13.3. The Kier molecular flexibility index (Phi) is 4.58. The van der Waals surface area contributed by atoms with Crippen LogP contribution in [0.1, 0.15) is 24.8 Å². The van der Waals surface area contributed by atoms with E-state index in [0.717, 1.165) is 43.7 Å². The Hall–Kier alpha value is -1.10. The molecule has 1 aliphatic carbocycles. The van der Waals surface area contributed by atoms with Gasteiger partial charge in [0.1, 0.15) is 12.4 Å². The number of ether oxygens (including phenoxy) is 1. The van der Waals surface area contributed by atoms with E-state index >= 15 is 0 Å². The lowest BCUT2D eigenvalue weighted by atomic mass is 10.1. The molecule has 0 spiro atoms. The summed E-state index contributed by atoms with van der Waals surface area (Å²) in [6.07, 6.45) is 2.87. The third-order valence-corrected chi connectivity index (χ3v) is 3.26. The fourth-order valence-corrected chi connectivity index (χ4v) is 1.97. The third-order valence-electron chi connectivity index (χ3n) is 3.26. The second kappa shape index (κ2) is 6.18. The van der Waals surface area contributed by atoms with E-state index < -0.39 is 0 Å². The van der Waals surface area contributed by atoms with Gasteiger partial charge in [0.15, 0.2) is 0 Å². The van der Waals surface area contributed by atoms with Crippen molar-refractivity contribution in [2.45, 2.75) is 24.8 Å². The average Bonchev–Trinajstić information content (AvgIpc) is 3.13. The molecular weight excluding hydrogens is 228 g/mol. The van der Waals surface area contributed by atoms with Crippen molar-refractivity contribution in [3.8, 4) is 5.75 Å². The number of benzene rings is 1. The van der Waals surface area contributed by atoms with Gasteiger partial charge in [0.2, 0.25) is 0 Å². The maximum absolute atomic E-state index is 8.65. The normalized spacial score (nSPS) is 16.6. The lowest BCUT2D eigenvalue weighted by molar-refractivity contribution is 0.278. The van der Waals surface area contributed by atoms with Gasteiger partial charge in [-0.2, -0.15) is 0 Å². The number of aliphatic hydroxyl groups is 1. The molecule has 1 fully saturated rings. The van der Waals surface area contributed by atoms with Gasteiger partial charge in [0, 0.05) is 24.3 Å². The highest BCUT2D eigenvalue weighted by atomic mass is 16.5. The molecular formula is C14H22N2O2. The van der Waals surface area contributed by atoms with Crippen LogP contribution in [-0.4, -0.2) is 31.4 Å². The van der Waals surface area contributed by atoms with Crippen molar-refractivity contribution >= 4 is 0 Å². The van der Waals surface area contributed by atoms with Gasteiger partial charge in [-0.3, -0.25) is 0 Å². The topological polar surface area (TPSA) is 67.5 Å². The summed E-state index contributed by atoms with van der Waals surface area (Å²) in [6.45, 7) is 2.46. The molecule has 18 heavy (non-hydrogen) atoms. The highest BCUT2D eigenvalue weighted by Crippen LogP contribution is 2.46. The molecule has 0 unspecified atom stereocenters. The first-order chi connectivity index (χ1) is 8.76. The largest absolute Gasteiger partial charge is 0.492 e. The smallest absolute Gasteiger partial charge is 0.124 e. The zero-order valence-corrected chi connectivity index (χ0v) is 10.7. The molecule has 1 saturated carbocycles. The lowest BCUT2D eigenvalue weighted by Gasteiger charge is -2.16. The molecule has 1 aromatic carbocycles. The Morgan fingerprint density at radius 2 is 2.06 bits per heavy atom. The van der Waals surface area contributed by atoms with Crippen LogP contribution in [0, 0.1) is 0 Å². The van der Waals surface area contributed by atoms with Crippen molar-refractivity contribution in [1.29, 1.82) is 0 Å². The summed E-state index contributed by atoms with van der Waals surface area (Å²) in [5, 5.41) is 11.9. The standard InChI is InChI=1S/C14H22N2O2/c15-14(6-7-14)12-4-1-2-5-13(12)18-11-9-16-8-3-10-17/h1-2,4-5,16-17H,3,6-11,15H2. The minimum atomic E-state index is -0.152. The quantitative estimate of drug-likeness (QED) is 0.602. The predicted octanol–water partition coefficient (Wildman–Crippen LogP) is 0.985. The van der Waals surface area contributed by atoms with Crippen molar-refractivity contribution in [3.63, 3.8) is 0 Å². The zero-order chi connectivity index (χ0) is 12.8. The van der Waals surface area contributed by atoms with Crippen molar-refractivity contribution in [2.24, 2.45) is 5.73 Å². The van der Waals surface area contributed by atoms with E-state index in [4.69, 9.17) is 15.6 Å². The van der Waals surface area contributed by atoms with Crippen LogP contribution in [-0.2, 0) is 5.54 Å². The van der Waals surface area contributed by atoms with Crippen LogP contribution < -0.4 is 15.8 Å². The molecule has 100 valence electrons. The van der Waals surface area contributed by atoms with E-state index in [-0.39, 0.29) is 12.1 Å². The molecule has 0 heterocycles. The number of para-hydroxylation sites is 1. The second-order valence-corrected chi connectivity index (χ2v) is 4.83. The Labute approximate surface area is 108 Å². The molecule has 0 radical (unpaired) electrons. The van der Waals surface area contributed by atoms with Crippen LogP contribution in [0.3, 0.4) is 0 Å². The molecule has 2 rings (SSSR count). The second-order valence-electron chi connectivity index (χ2n) is 4.83. The molecule has 0 atom stereocenters. The summed E-state index contributed by atoms with van der Waals surface area (Å²) in [6, 6.07) is 8.02. The van der Waals surface area contributed by atoms with E-state index in [9.17, 15) is 0 Å². The molecule has 4 N–H and O–H groups in total. The number of nitrogens with two attached hydrogens (primary N) is 1. The SMILES string of the molecule is NC1(c2ccccc2OCCNCCCO)CC1. The first-order valence-corrected chi connectivity index (χ1v) is 6.59. The summed E-state index contributed by atoms with van der Waals surface area (Å²) in [7, 11) is 0. The summed E-state index contributed by atoms with van der Waals surface area (Å²) in [5.41, 5.74) is 7.19. The average molecular weight is 250 g/mol. The van der Waals surface area contributed by atoms with Crippen molar-refractivity contribution in [2.75, 3.05) is 26.3 Å².